The van der Waals surface area contributed by atoms with E-state index in [4.69, 9.17) is 14.2 Å². The lowest BCUT2D eigenvalue weighted by Gasteiger charge is -2.43. The molecule has 1 heterocycles. The van der Waals surface area contributed by atoms with Crippen LogP contribution in [0.1, 0.15) is 39.5 Å². The van der Waals surface area contributed by atoms with E-state index in [9.17, 15) is 5.11 Å². The molecule has 1 spiro atoms. The van der Waals surface area contributed by atoms with Crippen molar-refractivity contribution in [2.24, 2.45) is 5.41 Å². The Labute approximate surface area is 96.9 Å². The number of aliphatic hydroxyl groups excluding tert-OH is 1. The van der Waals surface area contributed by atoms with Gasteiger partial charge in [-0.25, -0.2) is 0 Å². The van der Waals surface area contributed by atoms with Crippen LogP contribution in [0.2, 0.25) is 0 Å². The van der Waals surface area contributed by atoms with Crippen molar-refractivity contribution in [2.75, 3.05) is 19.8 Å². The van der Waals surface area contributed by atoms with Gasteiger partial charge in [0, 0.05) is 24.9 Å². The van der Waals surface area contributed by atoms with Gasteiger partial charge in [-0.15, -0.1) is 0 Å². The van der Waals surface area contributed by atoms with Crippen molar-refractivity contribution in [3.05, 3.63) is 0 Å². The van der Waals surface area contributed by atoms with Crippen molar-refractivity contribution in [3.8, 4) is 0 Å². The molecule has 16 heavy (non-hydrogen) atoms. The third-order valence-corrected chi connectivity index (χ3v) is 3.89. The van der Waals surface area contributed by atoms with E-state index in [1.54, 1.807) is 0 Å². The highest BCUT2D eigenvalue weighted by atomic mass is 16.7. The summed E-state index contributed by atoms with van der Waals surface area (Å²) in [6.07, 6.45) is 2.81. The van der Waals surface area contributed by atoms with E-state index in [0.29, 0.717) is 19.8 Å². The number of ether oxygens (including phenoxy) is 3. The van der Waals surface area contributed by atoms with Crippen molar-refractivity contribution in [1.82, 2.24) is 0 Å². The van der Waals surface area contributed by atoms with Crippen LogP contribution in [0.4, 0.5) is 0 Å². The average molecular weight is 230 g/mol. The van der Waals surface area contributed by atoms with E-state index in [1.165, 1.54) is 0 Å². The molecule has 1 aliphatic heterocycles. The first-order valence-electron chi connectivity index (χ1n) is 6.18. The minimum atomic E-state index is -0.670. The van der Waals surface area contributed by atoms with Gasteiger partial charge in [-0.05, 0) is 19.8 Å². The van der Waals surface area contributed by atoms with Crippen LogP contribution in [0.15, 0.2) is 0 Å². The highest BCUT2D eigenvalue weighted by Crippen LogP contribution is 2.46. The summed E-state index contributed by atoms with van der Waals surface area (Å²) >= 11 is 0. The van der Waals surface area contributed by atoms with E-state index in [2.05, 4.69) is 6.92 Å². The number of rotatable bonds is 3. The van der Waals surface area contributed by atoms with Crippen LogP contribution < -0.4 is 0 Å². The molecule has 0 aromatic rings. The lowest BCUT2D eigenvalue weighted by molar-refractivity contribution is -0.230. The predicted molar refractivity (Wildman–Crippen MR) is 58.8 cm³/mol. The molecule has 2 fully saturated rings. The summed E-state index contributed by atoms with van der Waals surface area (Å²) in [7, 11) is 0. The summed E-state index contributed by atoms with van der Waals surface area (Å²) < 4.78 is 16.6. The van der Waals surface area contributed by atoms with Crippen LogP contribution in [0, 0.1) is 5.41 Å². The molecule has 0 aromatic carbocycles. The summed E-state index contributed by atoms with van der Waals surface area (Å²) in [4.78, 5) is 0. The van der Waals surface area contributed by atoms with Crippen molar-refractivity contribution in [3.63, 3.8) is 0 Å². The highest BCUT2D eigenvalue weighted by molar-refractivity contribution is 4.90. The van der Waals surface area contributed by atoms with Crippen LogP contribution in [0.3, 0.4) is 0 Å². The van der Waals surface area contributed by atoms with Gasteiger partial charge in [0.1, 0.15) is 0 Å². The highest BCUT2D eigenvalue weighted by Gasteiger charge is 2.47. The van der Waals surface area contributed by atoms with Crippen LogP contribution in [0.25, 0.3) is 0 Å². The topological polar surface area (TPSA) is 47.9 Å². The first kappa shape index (κ1) is 12.3. The molecule has 0 bridgehead atoms. The van der Waals surface area contributed by atoms with Gasteiger partial charge >= 0.3 is 0 Å². The molecule has 1 saturated heterocycles. The average Bonchev–Trinajstić information content (AvgIpc) is 2.73. The minimum absolute atomic E-state index is 0.156. The molecule has 1 aliphatic carbocycles. The Morgan fingerprint density at radius 3 is 2.25 bits per heavy atom. The van der Waals surface area contributed by atoms with Gasteiger partial charge in [-0.2, -0.15) is 0 Å². The van der Waals surface area contributed by atoms with Gasteiger partial charge in [0.25, 0.3) is 0 Å². The zero-order chi connectivity index (χ0) is 11.6. The van der Waals surface area contributed by atoms with E-state index in [-0.39, 0.29) is 11.2 Å². The molecular weight excluding hydrogens is 208 g/mol. The van der Waals surface area contributed by atoms with Gasteiger partial charge in [0.05, 0.1) is 13.2 Å². The van der Waals surface area contributed by atoms with E-state index < -0.39 is 6.29 Å². The first-order chi connectivity index (χ1) is 7.60. The van der Waals surface area contributed by atoms with Crippen molar-refractivity contribution in [1.29, 1.82) is 0 Å². The van der Waals surface area contributed by atoms with Gasteiger partial charge in [0.2, 0.25) is 0 Å². The van der Waals surface area contributed by atoms with Crippen molar-refractivity contribution in [2.45, 2.75) is 51.6 Å². The molecule has 1 atom stereocenters. The van der Waals surface area contributed by atoms with E-state index in [1.807, 2.05) is 6.92 Å². The molecule has 1 unspecified atom stereocenters. The van der Waals surface area contributed by atoms with Crippen LogP contribution in [-0.4, -0.2) is 37.0 Å². The fourth-order valence-electron chi connectivity index (χ4n) is 2.59. The van der Waals surface area contributed by atoms with Crippen LogP contribution >= 0.6 is 0 Å². The summed E-state index contributed by atoms with van der Waals surface area (Å²) in [5, 5.41) is 9.96. The quantitative estimate of drug-likeness (QED) is 0.749. The standard InChI is InChI=1S/C12H22O4/c1-3-14-10(13)11(2)4-6-12(7-5-11)15-8-9-16-12/h10,13H,3-9H2,1-2H3. The molecule has 1 N–H and O–H groups in total. The summed E-state index contributed by atoms with van der Waals surface area (Å²) in [5.41, 5.74) is -0.156. The van der Waals surface area contributed by atoms with Crippen molar-refractivity contribution < 1.29 is 19.3 Å². The zero-order valence-electron chi connectivity index (χ0n) is 10.2. The Morgan fingerprint density at radius 2 is 1.75 bits per heavy atom. The largest absolute Gasteiger partial charge is 0.367 e. The zero-order valence-corrected chi connectivity index (χ0v) is 10.2. The molecule has 4 heteroatoms. The molecule has 4 nitrogen and oxygen atoms in total. The van der Waals surface area contributed by atoms with Crippen LogP contribution in [0.5, 0.6) is 0 Å². The molecule has 0 aromatic heterocycles. The smallest absolute Gasteiger partial charge is 0.168 e. The Balaban J connectivity index is 1.92. The maximum Gasteiger partial charge on any atom is 0.168 e. The molecule has 2 rings (SSSR count). The maximum absolute atomic E-state index is 9.96. The maximum atomic E-state index is 9.96. The monoisotopic (exact) mass is 230 g/mol. The molecule has 94 valence electrons. The second kappa shape index (κ2) is 4.61. The SMILES string of the molecule is CCOC(O)C1(C)CCC2(CC1)OCCO2. The summed E-state index contributed by atoms with van der Waals surface area (Å²) in [6.45, 7) is 5.93. The van der Waals surface area contributed by atoms with Gasteiger partial charge in [-0.3, -0.25) is 0 Å². The number of hydrogen-bond acceptors (Lipinski definition) is 4. The number of hydrogen-bond donors (Lipinski definition) is 1. The first-order valence-corrected chi connectivity index (χ1v) is 6.18. The fourth-order valence-corrected chi connectivity index (χ4v) is 2.59. The second-order valence-electron chi connectivity index (χ2n) is 5.07. The Kier molecular flexibility index (Phi) is 3.54. The molecular formula is C12H22O4. The molecule has 1 saturated carbocycles. The molecule has 2 aliphatic rings. The Hall–Kier alpha value is -0.160. The summed E-state index contributed by atoms with van der Waals surface area (Å²) in [5.74, 6) is -0.356. The van der Waals surface area contributed by atoms with Gasteiger partial charge in [0.15, 0.2) is 12.1 Å². The molecule has 0 amide bonds. The fraction of sp³-hybridized carbons (Fsp3) is 1.00. The van der Waals surface area contributed by atoms with Crippen LogP contribution in [-0.2, 0) is 14.2 Å². The molecule has 0 radical (unpaired) electrons. The van der Waals surface area contributed by atoms with E-state index in [0.717, 1.165) is 25.7 Å². The van der Waals surface area contributed by atoms with Gasteiger partial charge < -0.3 is 19.3 Å². The lowest BCUT2D eigenvalue weighted by atomic mass is 9.73. The normalized spacial score (nSPS) is 29.4. The number of aliphatic hydroxyl groups is 1. The minimum Gasteiger partial charge on any atom is -0.367 e. The van der Waals surface area contributed by atoms with E-state index >= 15 is 0 Å². The Morgan fingerprint density at radius 1 is 1.19 bits per heavy atom. The van der Waals surface area contributed by atoms with Gasteiger partial charge in [-0.1, -0.05) is 6.92 Å². The van der Waals surface area contributed by atoms with Crippen molar-refractivity contribution >= 4 is 0 Å². The third-order valence-electron chi connectivity index (χ3n) is 3.89. The predicted octanol–water partition coefficient (Wildman–Crippen LogP) is 1.66. The summed E-state index contributed by atoms with van der Waals surface area (Å²) in [6, 6.07) is 0. The third kappa shape index (κ3) is 2.25. The Bertz CT molecular complexity index is 225. The lowest BCUT2D eigenvalue weighted by Crippen LogP contribution is -2.44. The second-order valence-corrected chi connectivity index (χ2v) is 5.07.